The number of aromatic amines is 1. The van der Waals surface area contributed by atoms with Gasteiger partial charge in [0.2, 0.25) is 0 Å². The van der Waals surface area contributed by atoms with Crippen LogP contribution in [0, 0.1) is 10.1 Å². The van der Waals surface area contributed by atoms with Gasteiger partial charge in [0.05, 0.1) is 4.92 Å². The van der Waals surface area contributed by atoms with Crippen LogP contribution in [0.15, 0.2) is 53.5 Å². The van der Waals surface area contributed by atoms with Crippen molar-refractivity contribution in [3.63, 3.8) is 0 Å². The van der Waals surface area contributed by atoms with Gasteiger partial charge in [0.15, 0.2) is 11.6 Å². The number of anilines is 2. The number of nitro benzene ring substituents is 1. The summed E-state index contributed by atoms with van der Waals surface area (Å²) in [5.41, 5.74) is 6.79. The summed E-state index contributed by atoms with van der Waals surface area (Å²) < 4.78 is 0. The molecule has 0 atom stereocenters. The Labute approximate surface area is 158 Å². The van der Waals surface area contributed by atoms with Crippen molar-refractivity contribution in [1.29, 1.82) is 0 Å². The highest BCUT2D eigenvalue weighted by atomic mass is 35.5. The van der Waals surface area contributed by atoms with Crippen LogP contribution in [0.2, 0.25) is 5.02 Å². The van der Waals surface area contributed by atoms with E-state index in [9.17, 15) is 14.9 Å². The van der Waals surface area contributed by atoms with E-state index in [0.29, 0.717) is 16.3 Å². The number of non-ortho nitro benzene ring substituents is 1. The Hall–Kier alpha value is -3.72. The molecule has 2 aromatic carbocycles. The number of nitrogens with zero attached hydrogens (tertiary/aromatic N) is 3. The zero-order chi connectivity index (χ0) is 19.4. The predicted molar refractivity (Wildman–Crippen MR) is 102 cm³/mol. The first kappa shape index (κ1) is 18.1. The first-order valence-corrected chi connectivity index (χ1v) is 8.01. The third-order valence-electron chi connectivity index (χ3n) is 3.55. The molecule has 3 rings (SSSR count). The van der Waals surface area contributed by atoms with Gasteiger partial charge in [-0.3, -0.25) is 20.0 Å². The van der Waals surface area contributed by atoms with E-state index in [1.165, 1.54) is 30.5 Å². The Balaban J connectivity index is 1.85. The molecule has 3 aromatic rings. The average molecular weight is 385 g/mol. The van der Waals surface area contributed by atoms with Crippen LogP contribution in [0.25, 0.3) is 0 Å². The number of aromatic nitrogens is 2. The molecule has 0 aliphatic rings. The molecule has 1 amide bonds. The number of halogens is 1. The molecule has 0 saturated heterocycles. The minimum Gasteiger partial charge on any atom is -0.365 e. The van der Waals surface area contributed by atoms with Gasteiger partial charge in [-0.2, -0.15) is 5.10 Å². The number of amides is 1. The summed E-state index contributed by atoms with van der Waals surface area (Å²) in [5.74, 6) is -0.325. The van der Waals surface area contributed by atoms with E-state index in [1.54, 1.807) is 24.3 Å². The number of nitrogens with two attached hydrogens (primary N) is 1. The van der Waals surface area contributed by atoms with Crippen LogP contribution in [0.1, 0.15) is 15.9 Å². The Morgan fingerprint density at radius 1 is 1.22 bits per heavy atom. The molecule has 0 saturated carbocycles. The van der Waals surface area contributed by atoms with Crippen LogP contribution in [-0.2, 0) is 0 Å². The first-order valence-electron chi connectivity index (χ1n) is 7.63. The number of hydrogen-bond acceptors (Lipinski definition) is 6. The number of H-pyrrole nitrogens is 1. The van der Waals surface area contributed by atoms with Crippen LogP contribution in [0.3, 0.4) is 0 Å². The Morgan fingerprint density at radius 3 is 2.48 bits per heavy atom. The lowest BCUT2D eigenvalue weighted by atomic mass is 10.2. The molecule has 27 heavy (non-hydrogen) atoms. The van der Waals surface area contributed by atoms with Crippen molar-refractivity contribution in [3.05, 3.63) is 74.8 Å². The molecule has 1 heterocycles. The molecule has 0 aliphatic heterocycles. The first-order chi connectivity index (χ1) is 12.9. The van der Waals surface area contributed by atoms with E-state index in [2.05, 4.69) is 20.5 Å². The minimum absolute atomic E-state index is 0.0269. The zero-order valence-corrected chi connectivity index (χ0v) is 14.5. The fraction of sp³-hybridized carbons (Fsp3) is 0. The second-order valence-corrected chi connectivity index (χ2v) is 5.84. The fourth-order valence-electron chi connectivity index (χ4n) is 2.24. The molecule has 136 valence electrons. The van der Waals surface area contributed by atoms with Gasteiger partial charge in [0.1, 0.15) is 5.56 Å². The topological polar surface area (TPSA) is 139 Å². The van der Waals surface area contributed by atoms with Gasteiger partial charge in [0, 0.05) is 29.1 Å². The average Bonchev–Trinajstić information content (AvgIpc) is 3.05. The zero-order valence-electron chi connectivity index (χ0n) is 13.7. The normalized spacial score (nSPS) is 10.9. The second-order valence-electron chi connectivity index (χ2n) is 5.40. The highest BCUT2D eigenvalue weighted by Gasteiger charge is 2.18. The maximum absolute atomic E-state index is 11.8. The summed E-state index contributed by atoms with van der Waals surface area (Å²) in [6.45, 7) is 0. The highest BCUT2D eigenvalue weighted by Crippen LogP contribution is 2.26. The number of nitrogens with one attached hydrogen (secondary N) is 2. The Bertz CT molecular complexity index is 1010. The van der Waals surface area contributed by atoms with Crippen molar-refractivity contribution >= 4 is 46.7 Å². The number of carbonyl (C=O) groups is 1. The number of primary amides is 1. The number of nitro groups is 1. The lowest BCUT2D eigenvalue weighted by Crippen LogP contribution is -2.12. The van der Waals surface area contributed by atoms with E-state index < -0.39 is 10.8 Å². The van der Waals surface area contributed by atoms with Crippen LogP contribution in [-0.4, -0.2) is 27.2 Å². The smallest absolute Gasteiger partial charge is 0.269 e. The molecular formula is C17H13ClN6O3. The van der Waals surface area contributed by atoms with Gasteiger partial charge >= 0.3 is 0 Å². The summed E-state index contributed by atoms with van der Waals surface area (Å²) in [6, 6.07) is 12.6. The lowest BCUT2D eigenvalue weighted by molar-refractivity contribution is -0.384. The van der Waals surface area contributed by atoms with Crippen LogP contribution in [0.4, 0.5) is 23.0 Å². The molecule has 9 nitrogen and oxygen atoms in total. The van der Waals surface area contributed by atoms with Crippen molar-refractivity contribution in [3.8, 4) is 0 Å². The van der Waals surface area contributed by atoms with Gasteiger partial charge in [-0.25, -0.2) is 4.99 Å². The maximum atomic E-state index is 11.8. The SMILES string of the molecule is NC(=O)c1c(Nc2ccc(Cl)cc2)n[nH]c1/N=C/c1ccc([N+](=O)[O-])cc1. The molecule has 0 aliphatic carbocycles. The summed E-state index contributed by atoms with van der Waals surface area (Å²) in [7, 11) is 0. The summed E-state index contributed by atoms with van der Waals surface area (Å²) in [6.07, 6.45) is 1.44. The molecule has 0 bridgehead atoms. The van der Waals surface area contributed by atoms with E-state index in [4.69, 9.17) is 17.3 Å². The van der Waals surface area contributed by atoms with E-state index in [1.807, 2.05) is 0 Å². The van der Waals surface area contributed by atoms with Crippen LogP contribution in [0.5, 0.6) is 0 Å². The third kappa shape index (κ3) is 4.28. The van der Waals surface area contributed by atoms with Crippen molar-refractivity contribution in [2.45, 2.75) is 0 Å². The van der Waals surface area contributed by atoms with Crippen LogP contribution < -0.4 is 11.1 Å². The van der Waals surface area contributed by atoms with Crippen molar-refractivity contribution in [2.24, 2.45) is 10.7 Å². The molecular weight excluding hydrogens is 372 g/mol. The Morgan fingerprint density at radius 2 is 1.89 bits per heavy atom. The third-order valence-corrected chi connectivity index (χ3v) is 3.80. The van der Waals surface area contributed by atoms with Gasteiger partial charge in [-0.15, -0.1) is 0 Å². The highest BCUT2D eigenvalue weighted by molar-refractivity contribution is 6.30. The van der Waals surface area contributed by atoms with E-state index in [-0.39, 0.29) is 22.9 Å². The van der Waals surface area contributed by atoms with Gasteiger partial charge in [0.25, 0.3) is 11.6 Å². The number of rotatable bonds is 6. The molecule has 0 radical (unpaired) electrons. The molecule has 0 fully saturated rings. The second kappa shape index (κ2) is 7.67. The van der Waals surface area contributed by atoms with Crippen molar-refractivity contribution < 1.29 is 9.72 Å². The molecule has 0 spiro atoms. The standard InChI is InChI=1S/C17H13ClN6O3/c18-11-3-5-12(6-4-11)21-17-14(15(19)25)16(22-23-17)20-9-10-1-7-13(8-2-10)24(26)27/h1-9H,(H2,19,25)(H2,21,22,23)/b20-9+. The molecule has 1 aromatic heterocycles. The number of carbonyl (C=O) groups excluding carboxylic acids is 1. The van der Waals surface area contributed by atoms with Gasteiger partial charge < -0.3 is 11.1 Å². The minimum atomic E-state index is -0.712. The Kier molecular flexibility index (Phi) is 5.13. The van der Waals surface area contributed by atoms with E-state index in [0.717, 1.165) is 0 Å². The molecule has 4 N–H and O–H groups in total. The van der Waals surface area contributed by atoms with Gasteiger partial charge in [-0.1, -0.05) is 11.6 Å². The quantitative estimate of drug-likeness (QED) is 0.338. The monoisotopic (exact) mass is 384 g/mol. The number of benzene rings is 2. The summed E-state index contributed by atoms with van der Waals surface area (Å²) >= 11 is 5.85. The van der Waals surface area contributed by atoms with Gasteiger partial charge in [-0.05, 0) is 42.0 Å². The van der Waals surface area contributed by atoms with Crippen molar-refractivity contribution in [2.75, 3.05) is 5.32 Å². The van der Waals surface area contributed by atoms with E-state index >= 15 is 0 Å². The molecule has 10 heteroatoms. The number of hydrogen-bond donors (Lipinski definition) is 3. The molecule has 0 unspecified atom stereocenters. The largest absolute Gasteiger partial charge is 0.365 e. The predicted octanol–water partition coefficient (Wildman–Crippen LogP) is 3.56. The van der Waals surface area contributed by atoms with Crippen LogP contribution >= 0.6 is 11.6 Å². The fourth-order valence-corrected chi connectivity index (χ4v) is 2.37. The summed E-state index contributed by atoms with van der Waals surface area (Å²) in [5, 5.41) is 20.9. The number of aliphatic imine (C=N–C) groups is 1. The lowest BCUT2D eigenvalue weighted by Gasteiger charge is -2.04. The van der Waals surface area contributed by atoms with Crippen molar-refractivity contribution in [1.82, 2.24) is 10.2 Å². The maximum Gasteiger partial charge on any atom is 0.269 e. The summed E-state index contributed by atoms with van der Waals surface area (Å²) in [4.78, 5) is 26.2.